The third kappa shape index (κ3) is 4.49. The molecule has 2 atom stereocenters. The van der Waals surface area contributed by atoms with Crippen LogP contribution in [0.25, 0.3) is 0 Å². The monoisotopic (exact) mass is 483 g/mol. The molecule has 0 spiro atoms. The second-order valence-corrected chi connectivity index (χ2v) is 8.61. The highest BCUT2D eigenvalue weighted by Gasteiger charge is 2.43. The highest BCUT2D eigenvalue weighted by atomic mass is 35.5. The first-order valence-corrected chi connectivity index (χ1v) is 11.1. The van der Waals surface area contributed by atoms with Gasteiger partial charge in [-0.3, -0.25) is 0 Å². The van der Waals surface area contributed by atoms with E-state index < -0.39 is 5.97 Å². The molecule has 0 amide bonds. The Labute approximate surface area is 200 Å². The number of ether oxygens (including phenoxy) is 3. The number of hydrogen-bond acceptors (Lipinski definition) is 6. The number of halogens is 2. The second kappa shape index (κ2) is 8.96. The Kier molecular flexibility index (Phi) is 5.87. The number of carbonyl (C=O) groups is 1. The summed E-state index contributed by atoms with van der Waals surface area (Å²) in [6.45, 7) is 0.231. The minimum absolute atomic E-state index is 0.0762. The smallest absolute Gasteiger partial charge is 0.367 e. The first-order valence-electron chi connectivity index (χ1n) is 10.3. The van der Waals surface area contributed by atoms with Gasteiger partial charge in [0.2, 0.25) is 6.79 Å². The van der Waals surface area contributed by atoms with Gasteiger partial charge >= 0.3 is 5.97 Å². The minimum atomic E-state index is -0.650. The Morgan fingerprint density at radius 1 is 1.00 bits per heavy atom. The molecule has 33 heavy (non-hydrogen) atoms. The van der Waals surface area contributed by atoms with Gasteiger partial charge in [0.1, 0.15) is 5.75 Å². The van der Waals surface area contributed by atoms with Crippen molar-refractivity contribution in [3.05, 3.63) is 87.4 Å². The van der Waals surface area contributed by atoms with Gasteiger partial charge in [0.05, 0.1) is 23.4 Å². The quantitative estimate of drug-likeness (QED) is 0.241. The van der Waals surface area contributed by atoms with Crippen LogP contribution in [-0.4, -0.2) is 25.6 Å². The number of methoxy groups -OCH3 is 1. The molecule has 2 aliphatic rings. The van der Waals surface area contributed by atoms with Crippen LogP contribution in [0, 0.1) is 5.92 Å². The van der Waals surface area contributed by atoms with Gasteiger partial charge in [-0.2, -0.15) is 0 Å². The molecule has 168 valence electrons. The van der Waals surface area contributed by atoms with Crippen molar-refractivity contribution in [1.29, 1.82) is 0 Å². The van der Waals surface area contributed by atoms with Gasteiger partial charge < -0.3 is 19.0 Å². The summed E-state index contributed by atoms with van der Waals surface area (Å²) in [6, 6.07) is 18.0. The van der Waals surface area contributed by atoms with Crippen molar-refractivity contribution in [3.63, 3.8) is 0 Å². The topological polar surface area (TPSA) is 66.4 Å². The highest BCUT2D eigenvalue weighted by Crippen LogP contribution is 2.51. The SMILES string of the molecule is COc1ccc(/C(=N/OC(=O)c2ccc(Cl)cc2Cl)[C@H]2C[C@@H]2c2ccc3c(c2)OCO3)cc1. The molecule has 1 fully saturated rings. The summed E-state index contributed by atoms with van der Waals surface area (Å²) < 4.78 is 16.2. The van der Waals surface area contributed by atoms with Crippen LogP contribution in [0.4, 0.5) is 0 Å². The van der Waals surface area contributed by atoms with E-state index in [-0.39, 0.29) is 29.2 Å². The maximum atomic E-state index is 12.6. The normalized spacial score (nSPS) is 18.7. The molecule has 0 N–H and O–H groups in total. The molecule has 1 heterocycles. The van der Waals surface area contributed by atoms with Gasteiger partial charge in [0, 0.05) is 10.9 Å². The average Bonchev–Trinajstić information content (AvgIpc) is 3.46. The van der Waals surface area contributed by atoms with Crippen LogP contribution in [0.1, 0.15) is 33.8 Å². The number of rotatable bonds is 6. The molecule has 0 saturated heterocycles. The molecular formula is C25H19Cl2NO5. The van der Waals surface area contributed by atoms with E-state index in [0.29, 0.717) is 10.7 Å². The molecule has 0 unspecified atom stereocenters. The predicted octanol–water partition coefficient (Wildman–Crippen LogP) is 6.10. The molecule has 0 bridgehead atoms. The van der Waals surface area contributed by atoms with E-state index in [1.54, 1.807) is 13.2 Å². The summed E-state index contributed by atoms with van der Waals surface area (Å²) in [5, 5.41) is 4.92. The van der Waals surface area contributed by atoms with Crippen molar-refractivity contribution < 1.29 is 23.8 Å². The van der Waals surface area contributed by atoms with E-state index in [2.05, 4.69) is 5.16 Å². The largest absolute Gasteiger partial charge is 0.497 e. The summed E-state index contributed by atoms with van der Waals surface area (Å²) in [5.74, 6) is 1.86. The van der Waals surface area contributed by atoms with Crippen molar-refractivity contribution in [2.24, 2.45) is 11.1 Å². The lowest BCUT2D eigenvalue weighted by atomic mass is 10.0. The average molecular weight is 484 g/mol. The highest BCUT2D eigenvalue weighted by molar-refractivity contribution is 6.36. The Hall–Kier alpha value is -3.22. The predicted molar refractivity (Wildman–Crippen MR) is 125 cm³/mol. The number of hydrogen-bond donors (Lipinski definition) is 0. The first kappa shape index (κ1) is 21.6. The van der Waals surface area contributed by atoms with Crippen molar-refractivity contribution in [2.75, 3.05) is 13.9 Å². The van der Waals surface area contributed by atoms with E-state index >= 15 is 0 Å². The van der Waals surface area contributed by atoms with Crippen LogP contribution in [0.5, 0.6) is 17.2 Å². The van der Waals surface area contributed by atoms with Gasteiger partial charge in [-0.05, 0) is 78.1 Å². The zero-order valence-electron chi connectivity index (χ0n) is 17.6. The van der Waals surface area contributed by atoms with E-state index in [1.165, 1.54) is 12.1 Å². The number of carbonyl (C=O) groups excluding carboxylic acids is 1. The van der Waals surface area contributed by atoms with E-state index in [4.69, 9.17) is 42.3 Å². The lowest BCUT2D eigenvalue weighted by molar-refractivity contribution is 0.0515. The molecule has 1 aliphatic carbocycles. The van der Waals surface area contributed by atoms with Crippen LogP contribution in [0.2, 0.25) is 10.0 Å². The molecule has 8 heteroatoms. The minimum Gasteiger partial charge on any atom is -0.497 e. The van der Waals surface area contributed by atoms with E-state index in [1.807, 2.05) is 42.5 Å². The summed E-state index contributed by atoms with van der Waals surface area (Å²) >= 11 is 12.1. The van der Waals surface area contributed by atoms with Gasteiger partial charge in [0.25, 0.3) is 0 Å². The molecular weight excluding hydrogens is 465 g/mol. The Balaban J connectivity index is 1.41. The van der Waals surface area contributed by atoms with Crippen molar-refractivity contribution >= 4 is 34.9 Å². The molecule has 5 rings (SSSR count). The zero-order valence-corrected chi connectivity index (χ0v) is 19.1. The fourth-order valence-corrected chi connectivity index (χ4v) is 4.39. The van der Waals surface area contributed by atoms with Gasteiger partial charge in [-0.25, -0.2) is 4.79 Å². The fourth-order valence-electron chi connectivity index (χ4n) is 3.90. The molecule has 1 aliphatic heterocycles. The first-order chi connectivity index (χ1) is 16.0. The van der Waals surface area contributed by atoms with Gasteiger partial charge in [-0.15, -0.1) is 0 Å². The third-order valence-corrected chi connectivity index (χ3v) is 6.28. The van der Waals surface area contributed by atoms with Crippen molar-refractivity contribution in [1.82, 2.24) is 0 Å². The maximum Gasteiger partial charge on any atom is 0.367 e. The third-order valence-electron chi connectivity index (χ3n) is 5.73. The van der Waals surface area contributed by atoms with Crippen LogP contribution in [0.3, 0.4) is 0 Å². The molecule has 0 radical (unpaired) electrons. The number of oxime groups is 1. The molecule has 3 aromatic rings. The van der Waals surface area contributed by atoms with Crippen LogP contribution in [0.15, 0.2) is 65.8 Å². The number of benzene rings is 3. The molecule has 3 aromatic carbocycles. The zero-order chi connectivity index (χ0) is 22.9. The lowest BCUT2D eigenvalue weighted by Gasteiger charge is -2.09. The summed E-state index contributed by atoms with van der Waals surface area (Å²) in [6.07, 6.45) is 0.865. The summed E-state index contributed by atoms with van der Waals surface area (Å²) in [4.78, 5) is 18.0. The Morgan fingerprint density at radius 2 is 1.79 bits per heavy atom. The van der Waals surface area contributed by atoms with Crippen LogP contribution < -0.4 is 14.2 Å². The molecule has 6 nitrogen and oxygen atoms in total. The molecule has 0 aromatic heterocycles. The maximum absolute atomic E-state index is 12.6. The van der Waals surface area contributed by atoms with E-state index in [0.717, 1.165) is 34.8 Å². The summed E-state index contributed by atoms with van der Waals surface area (Å²) in [7, 11) is 1.61. The number of nitrogens with zero attached hydrogens (tertiary/aromatic N) is 1. The van der Waals surface area contributed by atoms with E-state index in [9.17, 15) is 4.79 Å². The van der Waals surface area contributed by atoms with Gasteiger partial charge in [0.15, 0.2) is 11.5 Å². The Morgan fingerprint density at radius 3 is 2.55 bits per heavy atom. The van der Waals surface area contributed by atoms with Crippen molar-refractivity contribution in [2.45, 2.75) is 12.3 Å². The van der Waals surface area contributed by atoms with Crippen molar-refractivity contribution in [3.8, 4) is 17.2 Å². The van der Waals surface area contributed by atoms with Gasteiger partial charge in [-0.1, -0.05) is 34.4 Å². The Bertz CT molecular complexity index is 1240. The lowest BCUT2D eigenvalue weighted by Crippen LogP contribution is -2.10. The fraction of sp³-hybridized carbons (Fsp3) is 0.200. The number of fused-ring (bicyclic) bond motifs is 1. The second-order valence-electron chi connectivity index (χ2n) is 7.77. The summed E-state index contributed by atoms with van der Waals surface area (Å²) in [5.41, 5.74) is 2.84. The van der Waals surface area contributed by atoms with Crippen LogP contribution >= 0.6 is 23.2 Å². The standard InChI is InChI=1S/C25H19Cl2NO5/c1-30-17-6-2-14(3-7-17)24(28-33-25(29)18-8-5-16(26)11-21(18)27)20-12-19(20)15-4-9-22-23(10-15)32-13-31-22/h2-11,19-20H,12-13H2,1H3/b28-24-/t19-,20+/m1/s1. The molecule has 1 saturated carbocycles. The van der Waals surface area contributed by atoms with Crippen LogP contribution in [-0.2, 0) is 4.84 Å².